The van der Waals surface area contributed by atoms with Crippen LogP contribution in [0.25, 0.3) is 11.0 Å². The highest BCUT2D eigenvalue weighted by atomic mass is 16.4. The Bertz CT molecular complexity index is 766. The van der Waals surface area contributed by atoms with E-state index >= 15 is 0 Å². The molecular weight excluding hydrogens is 288 g/mol. The average molecular weight is 314 g/mol. The summed E-state index contributed by atoms with van der Waals surface area (Å²) in [6, 6.07) is 6.39. The molecule has 1 aromatic carbocycles. The zero-order valence-corrected chi connectivity index (χ0v) is 14.6. The van der Waals surface area contributed by atoms with E-state index in [0.29, 0.717) is 11.6 Å². The van der Waals surface area contributed by atoms with Gasteiger partial charge in [0.2, 0.25) is 0 Å². The first-order chi connectivity index (χ1) is 11.0. The fourth-order valence-corrected chi connectivity index (χ4v) is 3.45. The minimum atomic E-state index is -0.253. The summed E-state index contributed by atoms with van der Waals surface area (Å²) < 4.78 is 5.40. The van der Waals surface area contributed by atoms with E-state index in [9.17, 15) is 4.79 Å². The molecule has 0 spiro atoms. The van der Waals surface area contributed by atoms with Gasteiger partial charge in [-0.15, -0.1) is 0 Å². The number of hydrogen-bond donors (Lipinski definition) is 0. The lowest BCUT2D eigenvalue weighted by Crippen LogP contribution is -2.50. The first-order valence-corrected chi connectivity index (χ1v) is 8.44. The van der Waals surface area contributed by atoms with Gasteiger partial charge in [-0.1, -0.05) is 6.92 Å². The molecule has 1 atom stereocenters. The van der Waals surface area contributed by atoms with Crippen molar-refractivity contribution in [2.45, 2.75) is 39.8 Å². The van der Waals surface area contributed by atoms with Crippen LogP contribution in [-0.2, 0) is 6.54 Å². The summed E-state index contributed by atoms with van der Waals surface area (Å²) in [5.74, 6) is 0. The molecule has 1 aliphatic heterocycles. The molecule has 4 heteroatoms. The Morgan fingerprint density at radius 3 is 2.65 bits per heavy atom. The molecule has 124 valence electrons. The number of aryl methyl sites for hydroxylation is 2. The normalized spacial score (nSPS) is 20.3. The molecule has 0 amide bonds. The number of likely N-dealkylation sites (N-methyl/N-ethyl adjacent to an activating group) is 1. The highest BCUT2D eigenvalue weighted by Crippen LogP contribution is 2.23. The number of benzene rings is 1. The van der Waals surface area contributed by atoms with Crippen LogP contribution >= 0.6 is 0 Å². The van der Waals surface area contributed by atoms with Gasteiger partial charge in [0.15, 0.2) is 0 Å². The first-order valence-electron chi connectivity index (χ1n) is 8.44. The Hall–Kier alpha value is -1.65. The van der Waals surface area contributed by atoms with Crippen molar-refractivity contribution in [2.24, 2.45) is 0 Å². The number of rotatable bonds is 3. The largest absolute Gasteiger partial charge is 0.423 e. The van der Waals surface area contributed by atoms with Crippen LogP contribution in [0.5, 0.6) is 0 Å². The third-order valence-corrected chi connectivity index (χ3v) is 5.17. The van der Waals surface area contributed by atoms with Gasteiger partial charge in [0.1, 0.15) is 5.58 Å². The molecule has 0 bridgehead atoms. The van der Waals surface area contributed by atoms with Gasteiger partial charge in [-0.3, -0.25) is 4.90 Å². The molecule has 3 rings (SSSR count). The van der Waals surface area contributed by atoms with Gasteiger partial charge in [-0.25, -0.2) is 4.79 Å². The Balaban J connectivity index is 1.93. The maximum absolute atomic E-state index is 11.9. The van der Waals surface area contributed by atoms with E-state index in [4.69, 9.17) is 4.42 Å². The lowest BCUT2D eigenvalue weighted by Gasteiger charge is -2.39. The average Bonchev–Trinajstić information content (AvgIpc) is 2.51. The molecule has 1 saturated heterocycles. The monoisotopic (exact) mass is 314 g/mol. The third-order valence-electron chi connectivity index (χ3n) is 5.17. The summed E-state index contributed by atoms with van der Waals surface area (Å²) in [6.07, 6.45) is 1.16. The molecule has 23 heavy (non-hydrogen) atoms. The zero-order chi connectivity index (χ0) is 16.6. The molecule has 1 aromatic heterocycles. The van der Waals surface area contributed by atoms with E-state index < -0.39 is 0 Å². The topological polar surface area (TPSA) is 36.7 Å². The summed E-state index contributed by atoms with van der Waals surface area (Å²) in [7, 11) is 2.20. The van der Waals surface area contributed by atoms with Crippen LogP contribution in [0, 0.1) is 13.8 Å². The maximum atomic E-state index is 11.9. The van der Waals surface area contributed by atoms with Crippen LogP contribution in [0.15, 0.2) is 27.4 Å². The van der Waals surface area contributed by atoms with Crippen LogP contribution in [0.1, 0.15) is 30.0 Å². The van der Waals surface area contributed by atoms with Crippen molar-refractivity contribution in [1.29, 1.82) is 0 Å². The standard InChI is InChI=1S/C19H26N2O2/c1-5-16-12-21(7-6-20(16)4)11-15-10-19(22)23-18-9-14(3)13(2)8-17(15)18/h8-10,16H,5-7,11-12H2,1-4H3. The van der Waals surface area contributed by atoms with Crippen LogP contribution in [-0.4, -0.2) is 42.5 Å². The second-order valence-electron chi connectivity index (χ2n) is 6.80. The minimum Gasteiger partial charge on any atom is -0.423 e. The number of fused-ring (bicyclic) bond motifs is 1. The predicted octanol–water partition coefficient (Wildman–Crippen LogP) is 2.94. The summed E-state index contributed by atoms with van der Waals surface area (Å²) >= 11 is 0. The van der Waals surface area contributed by atoms with Crippen LogP contribution in [0.2, 0.25) is 0 Å². The third kappa shape index (κ3) is 3.33. The van der Waals surface area contributed by atoms with E-state index in [-0.39, 0.29) is 5.63 Å². The van der Waals surface area contributed by atoms with E-state index in [1.54, 1.807) is 6.07 Å². The summed E-state index contributed by atoms with van der Waals surface area (Å²) in [5.41, 5.74) is 3.92. The van der Waals surface area contributed by atoms with Gasteiger partial charge in [0.05, 0.1) is 0 Å². The van der Waals surface area contributed by atoms with Gasteiger partial charge in [0.25, 0.3) is 0 Å². The molecule has 2 heterocycles. The molecular formula is C19H26N2O2. The first kappa shape index (κ1) is 16.2. The zero-order valence-electron chi connectivity index (χ0n) is 14.6. The van der Waals surface area contributed by atoms with Crippen molar-refractivity contribution >= 4 is 11.0 Å². The molecule has 4 nitrogen and oxygen atoms in total. The van der Waals surface area contributed by atoms with Crippen molar-refractivity contribution in [2.75, 3.05) is 26.7 Å². The highest BCUT2D eigenvalue weighted by Gasteiger charge is 2.23. The van der Waals surface area contributed by atoms with Gasteiger partial charge in [-0.2, -0.15) is 0 Å². The summed E-state index contributed by atoms with van der Waals surface area (Å²) in [6.45, 7) is 10.4. The Labute approximate surface area is 137 Å². The number of piperazine rings is 1. The Morgan fingerprint density at radius 2 is 1.91 bits per heavy atom. The van der Waals surface area contributed by atoms with E-state index in [2.05, 4.69) is 36.8 Å². The predicted molar refractivity (Wildman–Crippen MR) is 93.9 cm³/mol. The Morgan fingerprint density at radius 1 is 1.17 bits per heavy atom. The molecule has 0 N–H and O–H groups in total. The van der Waals surface area contributed by atoms with Gasteiger partial charge < -0.3 is 9.32 Å². The minimum absolute atomic E-state index is 0.253. The fourth-order valence-electron chi connectivity index (χ4n) is 3.45. The molecule has 1 fully saturated rings. The second kappa shape index (κ2) is 6.46. The SMILES string of the molecule is CCC1CN(Cc2cc(=O)oc3cc(C)c(C)cc23)CCN1C. The van der Waals surface area contributed by atoms with E-state index in [1.807, 2.05) is 13.0 Å². The van der Waals surface area contributed by atoms with Gasteiger partial charge in [-0.05, 0) is 56.1 Å². The van der Waals surface area contributed by atoms with Crippen LogP contribution in [0.4, 0.5) is 0 Å². The smallest absolute Gasteiger partial charge is 0.336 e. The molecule has 1 unspecified atom stereocenters. The fraction of sp³-hybridized carbons (Fsp3) is 0.526. The van der Waals surface area contributed by atoms with Crippen molar-refractivity contribution in [3.05, 3.63) is 45.3 Å². The van der Waals surface area contributed by atoms with Gasteiger partial charge in [0, 0.05) is 43.7 Å². The van der Waals surface area contributed by atoms with Crippen molar-refractivity contribution < 1.29 is 4.42 Å². The van der Waals surface area contributed by atoms with Crippen molar-refractivity contribution in [1.82, 2.24) is 9.80 Å². The quantitative estimate of drug-likeness (QED) is 0.816. The molecule has 0 aliphatic carbocycles. The molecule has 1 aliphatic rings. The van der Waals surface area contributed by atoms with Crippen LogP contribution < -0.4 is 5.63 Å². The lowest BCUT2D eigenvalue weighted by molar-refractivity contribution is 0.0885. The van der Waals surface area contributed by atoms with E-state index in [1.165, 1.54) is 5.56 Å². The number of nitrogens with zero attached hydrogens (tertiary/aromatic N) is 2. The maximum Gasteiger partial charge on any atom is 0.336 e. The summed E-state index contributed by atoms with van der Waals surface area (Å²) in [5, 5.41) is 1.07. The lowest BCUT2D eigenvalue weighted by atomic mass is 10.0. The molecule has 2 aromatic rings. The Kier molecular flexibility index (Phi) is 4.55. The van der Waals surface area contributed by atoms with Crippen LogP contribution in [0.3, 0.4) is 0 Å². The number of hydrogen-bond acceptors (Lipinski definition) is 4. The van der Waals surface area contributed by atoms with Crippen molar-refractivity contribution in [3.8, 4) is 0 Å². The molecule has 0 saturated carbocycles. The van der Waals surface area contributed by atoms with Gasteiger partial charge >= 0.3 is 5.63 Å². The van der Waals surface area contributed by atoms with E-state index in [0.717, 1.165) is 49.1 Å². The highest BCUT2D eigenvalue weighted by molar-refractivity contribution is 5.81. The second-order valence-corrected chi connectivity index (χ2v) is 6.80. The van der Waals surface area contributed by atoms with Crippen molar-refractivity contribution in [3.63, 3.8) is 0 Å². The summed E-state index contributed by atoms with van der Waals surface area (Å²) in [4.78, 5) is 16.8. The molecule has 0 radical (unpaired) electrons.